The van der Waals surface area contributed by atoms with Crippen LogP contribution in [0.15, 0.2) is 23.1 Å². The molecule has 18 heavy (non-hydrogen) atoms. The molecule has 0 spiro atoms. The molecular formula is C12H13NO4S. The Balaban J connectivity index is 2.27. The van der Waals surface area contributed by atoms with E-state index in [0.29, 0.717) is 10.1 Å². The number of carboxylic acid groups (broad SMARTS) is 1. The third kappa shape index (κ3) is 3.01. The molecule has 6 heteroatoms. The zero-order valence-electron chi connectivity index (χ0n) is 9.67. The summed E-state index contributed by atoms with van der Waals surface area (Å²) in [5.41, 5.74) is -0.180. The second kappa shape index (κ2) is 5.39. The van der Waals surface area contributed by atoms with Gasteiger partial charge in [0.1, 0.15) is 0 Å². The monoisotopic (exact) mass is 267 g/mol. The Morgan fingerprint density at radius 3 is 2.56 bits per heavy atom. The van der Waals surface area contributed by atoms with E-state index in [0.717, 1.165) is 18.9 Å². The number of nitrogens with zero attached hydrogens (tertiary/aromatic N) is 1. The van der Waals surface area contributed by atoms with Gasteiger partial charge in [0.2, 0.25) is 0 Å². The Kier molecular flexibility index (Phi) is 3.86. The van der Waals surface area contributed by atoms with Crippen molar-refractivity contribution in [3.05, 3.63) is 33.9 Å². The van der Waals surface area contributed by atoms with Crippen molar-refractivity contribution in [2.24, 2.45) is 0 Å². The van der Waals surface area contributed by atoms with Crippen molar-refractivity contribution in [3.63, 3.8) is 0 Å². The van der Waals surface area contributed by atoms with Gasteiger partial charge < -0.3 is 5.11 Å². The molecule has 2 rings (SSSR count). The van der Waals surface area contributed by atoms with Gasteiger partial charge >= 0.3 is 5.97 Å². The first-order valence-corrected chi connectivity index (χ1v) is 6.63. The average Bonchev–Trinajstić information content (AvgIpc) is 2.81. The molecule has 96 valence electrons. The van der Waals surface area contributed by atoms with Crippen molar-refractivity contribution in [2.45, 2.75) is 35.8 Å². The highest BCUT2D eigenvalue weighted by molar-refractivity contribution is 8.00. The minimum Gasteiger partial charge on any atom is -0.478 e. The summed E-state index contributed by atoms with van der Waals surface area (Å²) in [5.74, 6) is -1.13. The quantitative estimate of drug-likeness (QED) is 0.668. The van der Waals surface area contributed by atoms with Gasteiger partial charge in [-0.25, -0.2) is 4.79 Å². The third-order valence-electron chi connectivity index (χ3n) is 2.95. The molecule has 0 radical (unpaired) electrons. The summed E-state index contributed by atoms with van der Waals surface area (Å²) in [7, 11) is 0. The number of hydrogen-bond donors (Lipinski definition) is 1. The van der Waals surface area contributed by atoms with E-state index in [-0.39, 0.29) is 11.3 Å². The molecule has 1 N–H and O–H groups in total. The predicted molar refractivity (Wildman–Crippen MR) is 68.2 cm³/mol. The fourth-order valence-electron chi connectivity index (χ4n) is 2.08. The lowest BCUT2D eigenvalue weighted by atomic mass is 10.2. The van der Waals surface area contributed by atoms with E-state index < -0.39 is 10.9 Å². The van der Waals surface area contributed by atoms with Crippen molar-refractivity contribution in [1.29, 1.82) is 0 Å². The summed E-state index contributed by atoms with van der Waals surface area (Å²) in [6, 6.07) is 4.06. The second-order valence-corrected chi connectivity index (χ2v) is 5.68. The van der Waals surface area contributed by atoms with Crippen molar-refractivity contribution < 1.29 is 14.8 Å². The van der Waals surface area contributed by atoms with Crippen LogP contribution in [0.3, 0.4) is 0 Å². The van der Waals surface area contributed by atoms with Crippen LogP contribution in [0, 0.1) is 10.1 Å². The predicted octanol–water partition coefficient (Wildman–Crippen LogP) is 3.33. The second-order valence-electron chi connectivity index (χ2n) is 4.30. The zero-order chi connectivity index (χ0) is 13.1. The van der Waals surface area contributed by atoms with Gasteiger partial charge in [-0.15, -0.1) is 11.8 Å². The van der Waals surface area contributed by atoms with E-state index in [1.807, 2.05) is 0 Å². The molecule has 0 aromatic heterocycles. The van der Waals surface area contributed by atoms with Crippen LogP contribution < -0.4 is 0 Å². The van der Waals surface area contributed by atoms with Gasteiger partial charge in [-0.3, -0.25) is 10.1 Å². The SMILES string of the molecule is O=C(O)c1cc(SC2CCCC2)cc([N+](=O)[O-])c1. The number of non-ortho nitro benzene ring substituents is 1. The standard InChI is InChI=1S/C12H13NO4S/c14-12(15)8-5-9(13(16)17)7-11(6-8)18-10-3-1-2-4-10/h5-7,10H,1-4H2,(H,14,15). The molecule has 0 bridgehead atoms. The zero-order valence-corrected chi connectivity index (χ0v) is 10.5. The number of hydrogen-bond acceptors (Lipinski definition) is 4. The van der Waals surface area contributed by atoms with Crippen LogP contribution in [0.4, 0.5) is 5.69 Å². The molecule has 0 heterocycles. The first-order chi connectivity index (χ1) is 8.56. The first kappa shape index (κ1) is 12.9. The van der Waals surface area contributed by atoms with Gasteiger partial charge in [0.15, 0.2) is 0 Å². The molecule has 0 saturated heterocycles. The van der Waals surface area contributed by atoms with Gasteiger partial charge in [-0.1, -0.05) is 12.8 Å². The van der Waals surface area contributed by atoms with Gasteiger partial charge in [0.25, 0.3) is 5.69 Å². The van der Waals surface area contributed by atoms with E-state index in [4.69, 9.17) is 5.11 Å². The Morgan fingerprint density at radius 2 is 2.00 bits per heavy atom. The van der Waals surface area contributed by atoms with Crippen LogP contribution in [0.2, 0.25) is 0 Å². The fourth-order valence-corrected chi connectivity index (χ4v) is 3.42. The van der Waals surface area contributed by atoms with Crippen LogP contribution in [0.1, 0.15) is 36.0 Å². The molecular weight excluding hydrogens is 254 g/mol. The summed E-state index contributed by atoms with van der Waals surface area (Å²) in [6.45, 7) is 0. The van der Waals surface area contributed by atoms with Crippen molar-refractivity contribution in [1.82, 2.24) is 0 Å². The van der Waals surface area contributed by atoms with E-state index in [2.05, 4.69) is 0 Å². The molecule has 5 nitrogen and oxygen atoms in total. The van der Waals surface area contributed by atoms with Gasteiger partial charge in [0.05, 0.1) is 10.5 Å². The maximum absolute atomic E-state index is 10.9. The Labute approximate surface area is 108 Å². The fraction of sp³-hybridized carbons (Fsp3) is 0.417. The van der Waals surface area contributed by atoms with Gasteiger partial charge in [0, 0.05) is 22.3 Å². The van der Waals surface area contributed by atoms with Crippen LogP contribution >= 0.6 is 11.8 Å². The number of nitro benzene ring substituents is 1. The lowest BCUT2D eigenvalue weighted by Gasteiger charge is -2.09. The highest BCUT2D eigenvalue weighted by atomic mass is 32.2. The molecule has 0 aliphatic heterocycles. The number of benzene rings is 1. The lowest BCUT2D eigenvalue weighted by Crippen LogP contribution is -2.00. The summed E-state index contributed by atoms with van der Waals surface area (Å²) in [6.07, 6.45) is 4.54. The van der Waals surface area contributed by atoms with E-state index in [1.165, 1.54) is 25.0 Å². The normalized spacial score (nSPS) is 15.8. The van der Waals surface area contributed by atoms with Crippen LogP contribution in [0.5, 0.6) is 0 Å². The Bertz CT molecular complexity index is 451. The molecule has 1 aromatic rings. The topological polar surface area (TPSA) is 80.4 Å². The van der Waals surface area contributed by atoms with Crippen molar-refractivity contribution >= 4 is 23.4 Å². The molecule has 1 fully saturated rings. The van der Waals surface area contributed by atoms with E-state index in [9.17, 15) is 14.9 Å². The van der Waals surface area contributed by atoms with Gasteiger partial charge in [-0.2, -0.15) is 0 Å². The average molecular weight is 267 g/mol. The first-order valence-electron chi connectivity index (χ1n) is 5.75. The number of nitro groups is 1. The molecule has 1 aliphatic carbocycles. The molecule has 1 aliphatic rings. The minimum atomic E-state index is -1.13. The molecule has 1 aromatic carbocycles. The number of carbonyl (C=O) groups is 1. The summed E-state index contributed by atoms with van der Waals surface area (Å²) >= 11 is 1.55. The smallest absolute Gasteiger partial charge is 0.335 e. The minimum absolute atomic E-state index is 0.0234. The third-order valence-corrected chi connectivity index (χ3v) is 4.27. The molecule has 1 saturated carbocycles. The van der Waals surface area contributed by atoms with Crippen molar-refractivity contribution in [3.8, 4) is 0 Å². The largest absolute Gasteiger partial charge is 0.478 e. The van der Waals surface area contributed by atoms with Gasteiger partial charge in [-0.05, 0) is 18.9 Å². The molecule has 0 atom stereocenters. The Morgan fingerprint density at radius 1 is 1.33 bits per heavy atom. The number of aromatic carboxylic acids is 1. The number of carboxylic acids is 1. The maximum atomic E-state index is 10.9. The van der Waals surface area contributed by atoms with E-state index >= 15 is 0 Å². The summed E-state index contributed by atoms with van der Waals surface area (Å²) in [5, 5.41) is 20.2. The van der Waals surface area contributed by atoms with Crippen LogP contribution in [-0.2, 0) is 0 Å². The number of thioether (sulfide) groups is 1. The van der Waals surface area contributed by atoms with Crippen LogP contribution in [-0.4, -0.2) is 21.2 Å². The summed E-state index contributed by atoms with van der Waals surface area (Å²) < 4.78 is 0. The maximum Gasteiger partial charge on any atom is 0.335 e. The Hall–Kier alpha value is -1.56. The lowest BCUT2D eigenvalue weighted by molar-refractivity contribution is -0.385. The van der Waals surface area contributed by atoms with E-state index in [1.54, 1.807) is 11.8 Å². The van der Waals surface area contributed by atoms with Crippen LogP contribution in [0.25, 0.3) is 0 Å². The highest BCUT2D eigenvalue weighted by Crippen LogP contribution is 2.36. The summed E-state index contributed by atoms with van der Waals surface area (Å²) in [4.78, 5) is 21.8. The van der Waals surface area contributed by atoms with Crippen molar-refractivity contribution in [2.75, 3.05) is 0 Å². The number of rotatable bonds is 4. The highest BCUT2D eigenvalue weighted by Gasteiger charge is 2.19. The molecule has 0 amide bonds. The molecule has 0 unspecified atom stereocenters.